The Morgan fingerprint density at radius 3 is 2.68 bits per heavy atom. The lowest BCUT2D eigenvalue weighted by Crippen LogP contribution is -2.54. The van der Waals surface area contributed by atoms with Crippen molar-refractivity contribution in [2.24, 2.45) is 0 Å². The van der Waals surface area contributed by atoms with Gasteiger partial charge in [-0.15, -0.1) is 10.2 Å². The summed E-state index contributed by atoms with van der Waals surface area (Å²) in [6, 6.07) is 10.6. The molecule has 1 atom stereocenters. The highest BCUT2D eigenvalue weighted by Crippen LogP contribution is 2.41. The summed E-state index contributed by atoms with van der Waals surface area (Å²) in [5.74, 6) is 0.889. The van der Waals surface area contributed by atoms with E-state index in [9.17, 15) is 9.18 Å². The zero-order valence-electron chi connectivity index (χ0n) is 15.8. The van der Waals surface area contributed by atoms with Crippen molar-refractivity contribution < 1.29 is 9.18 Å². The third kappa shape index (κ3) is 3.81. The van der Waals surface area contributed by atoms with Gasteiger partial charge in [-0.05, 0) is 55.0 Å². The number of hydrogen-bond donors (Lipinski definition) is 0. The number of halogens is 1. The zero-order chi connectivity index (χ0) is 19.7. The maximum atomic E-state index is 14.2. The lowest BCUT2D eigenvalue weighted by Gasteiger charge is -2.40. The molecule has 0 spiro atoms. The maximum absolute atomic E-state index is 14.2. The van der Waals surface area contributed by atoms with Crippen LogP contribution in [0.1, 0.15) is 42.5 Å². The molecule has 7 heteroatoms. The number of anilines is 1. The number of hydrogen-bond acceptors (Lipinski definition) is 5. The molecule has 2 heterocycles. The summed E-state index contributed by atoms with van der Waals surface area (Å²) < 4.78 is 14.2. The van der Waals surface area contributed by atoms with Gasteiger partial charge in [0.2, 0.25) is 5.91 Å². The first-order chi connectivity index (χ1) is 13.5. The Balaban J connectivity index is 1.38. The number of amides is 1. The van der Waals surface area contributed by atoms with Gasteiger partial charge in [0.05, 0.1) is 6.42 Å². The van der Waals surface area contributed by atoms with Crippen molar-refractivity contribution in [2.45, 2.75) is 38.1 Å². The van der Waals surface area contributed by atoms with Crippen molar-refractivity contribution in [1.29, 1.82) is 5.26 Å². The highest BCUT2D eigenvalue weighted by molar-refractivity contribution is 5.79. The second-order valence-corrected chi connectivity index (χ2v) is 7.58. The van der Waals surface area contributed by atoms with Crippen molar-refractivity contribution in [1.82, 2.24) is 15.1 Å². The largest absolute Gasteiger partial charge is 0.351 e. The summed E-state index contributed by atoms with van der Waals surface area (Å²) in [7, 11) is 0. The molecule has 0 bridgehead atoms. The third-order valence-corrected chi connectivity index (χ3v) is 5.47. The number of benzene rings is 1. The molecule has 0 N–H and O–H groups in total. The average Bonchev–Trinajstić information content (AvgIpc) is 3.53. The van der Waals surface area contributed by atoms with Crippen molar-refractivity contribution in [3.8, 4) is 6.07 Å². The second-order valence-electron chi connectivity index (χ2n) is 7.58. The van der Waals surface area contributed by atoms with Crippen LogP contribution in [0.4, 0.5) is 10.2 Å². The second kappa shape index (κ2) is 7.55. The van der Waals surface area contributed by atoms with Crippen molar-refractivity contribution in [3.63, 3.8) is 0 Å². The highest BCUT2D eigenvalue weighted by Gasteiger charge is 2.29. The summed E-state index contributed by atoms with van der Waals surface area (Å²) in [6.07, 6.45) is 2.32. The van der Waals surface area contributed by atoms with Gasteiger partial charge >= 0.3 is 0 Å². The molecule has 28 heavy (non-hydrogen) atoms. The van der Waals surface area contributed by atoms with E-state index in [2.05, 4.69) is 15.1 Å². The number of piperazine rings is 1. The minimum absolute atomic E-state index is 0.00859. The van der Waals surface area contributed by atoms with Crippen LogP contribution in [0.3, 0.4) is 0 Å². The first kappa shape index (κ1) is 18.4. The van der Waals surface area contributed by atoms with E-state index in [1.54, 1.807) is 12.1 Å². The maximum Gasteiger partial charge on any atom is 0.227 e. The number of nitriles is 1. The topological polar surface area (TPSA) is 73.1 Å². The molecule has 1 amide bonds. The monoisotopic (exact) mass is 379 g/mol. The van der Waals surface area contributed by atoms with Crippen LogP contribution in [0.2, 0.25) is 0 Å². The molecule has 2 aliphatic rings. The fourth-order valence-electron chi connectivity index (χ4n) is 3.77. The van der Waals surface area contributed by atoms with Gasteiger partial charge < -0.3 is 9.80 Å². The van der Waals surface area contributed by atoms with E-state index in [1.165, 1.54) is 6.07 Å². The fraction of sp³-hybridized carbons (Fsp3) is 0.429. The smallest absolute Gasteiger partial charge is 0.227 e. The van der Waals surface area contributed by atoms with Crippen LogP contribution >= 0.6 is 0 Å². The summed E-state index contributed by atoms with van der Waals surface area (Å²) in [5.41, 5.74) is 1.78. The van der Waals surface area contributed by atoms with Crippen LogP contribution in [-0.4, -0.2) is 46.7 Å². The standard InChI is InChI=1S/C21H22FN5O/c1-14-13-26(20-7-5-17(12-23)24-25-20)8-9-27(14)21(28)11-15-2-6-18(16-3-4-16)19(22)10-15/h2,5-7,10,14,16H,3-4,8-9,11,13H2,1H3/t14-/m1/s1. The minimum Gasteiger partial charge on any atom is -0.351 e. The van der Waals surface area contributed by atoms with Crippen LogP contribution in [0, 0.1) is 17.1 Å². The summed E-state index contributed by atoms with van der Waals surface area (Å²) in [6.45, 7) is 3.86. The zero-order valence-corrected chi connectivity index (χ0v) is 15.8. The lowest BCUT2D eigenvalue weighted by atomic mass is 10.0. The highest BCUT2D eigenvalue weighted by atomic mass is 19.1. The number of rotatable bonds is 4. The summed E-state index contributed by atoms with van der Waals surface area (Å²) >= 11 is 0. The van der Waals surface area contributed by atoms with Gasteiger partial charge in [0.15, 0.2) is 11.5 Å². The number of aromatic nitrogens is 2. The van der Waals surface area contributed by atoms with Gasteiger partial charge in [-0.3, -0.25) is 4.79 Å². The van der Waals surface area contributed by atoms with Gasteiger partial charge in [0, 0.05) is 25.7 Å². The fourth-order valence-corrected chi connectivity index (χ4v) is 3.77. The van der Waals surface area contributed by atoms with Crippen LogP contribution in [0.25, 0.3) is 0 Å². The Morgan fingerprint density at radius 1 is 1.25 bits per heavy atom. The van der Waals surface area contributed by atoms with E-state index >= 15 is 0 Å². The lowest BCUT2D eigenvalue weighted by molar-refractivity contribution is -0.132. The first-order valence-electron chi connectivity index (χ1n) is 9.61. The van der Waals surface area contributed by atoms with E-state index in [0.717, 1.165) is 24.0 Å². The molecule has 1 aliphatic carbocycles. The summed E-state index contributed by atoms with van der Waals surface area (Å²) in [5, 5.41) is 16.8. The van der Waals surface area contributed by atoms with Gasteiger partial charge in [-0.25, -0.2) is 4.39 Å². The van der Waals surface area contributed by atoms with Crippen LogP contribution in [-0.2, 0) is 11.2 Å². The number of nitrogens with zero attached hydrogens (tertiary/aromatic N) is 5. The van der Waals surface area contributed by atoms with Gasteiger partial charge in [0.1, 0.15) is 11.9 Å². The van der Waals surface area contributed by atoms with E-state index in [1.807, 2.05) is 30.0 Å². The van der Waals surface area contributed by atoms with E-state index in [0.29, 0.717) is 31.4 Å². The molecule has 0 radical (unpaired) electrons. The molecule has 6 nitrogen and oxygen atoms in total. The number of carbonyl (C=O) groups excluding carboxylic acids is 1. The normalized spacial score (nSPS) is 19.4. The molecule has 1 aromatic carbocycles. The molecule has 1 saturated carbocycles. The van der Waals surface area contributed by atoms with E-state index < -0.39 is 0 Å². The van der Waals surface area contributed by atoms with Crippen molar-refractivity contribution in [3.05, 3.63) is 53.0 Å². The molecule has 0 unspecified atom stereocenters. The van der Waals surface area contributed by atoms with Crippen molar-refractivity contribution in [2.75, 3.05) is 24.5 Å². The Bertz CT molecular complexity index is 919. The predicted octanol–water partition coefficient (Wildman–Crippen LogP) is 2.64. The van der Waals surface area contributed by atoms with Crippen LogP contribution in [0.5, 0.6) is 0 Å². The Hall–Kier alpha value is -3.01. The molecule has 1 aromatic heterocycles. The van der Waals surface area contributed by atoms with E-state index in [4.69, 9.17) is 5.26 Å². The Morgan fingerprint density at radius 2 is 2.07 bits per heavy atom. The molecular weight excluding hydrogens is 357 g/mol. The SMILES string of the molecule is C[C@@H]1CN(c2ccc(C#N)nn2)CCN1C(=O)Cc1ccc(C2CC2)c(F)c1. The molecule has 4 rings (SSSR count). The van der Waals surface area contributed by atoms with Crippen molar-refractivity contribution >= 4 is 11.7 Å². The quantitative estimate of drug-likeness (QED) is 0.817. The number of carbonyl (C=O) groups is 1. The third-order valence-electron chi connectivity index (χ3n) is 5.47. The minimum atomic E-state index is -0.190. The molecule has 1 aliphatic heterocycles. The van der Waals surface area contributed by atoms with E-state index in [-0.39, 0.29) is 29.9 Å². The van der Waals surface area contributed by atoms with Crippen LogP contribution in [0.15, 0.2) is 30.3 Å². The summed E-state index contributed by atoms with van der Waals surface area (Å²) in [4.78, 5) is 16.7. The molecule has 144 valence electrons. The Labute approximate surface area is 163 Å². The van der Waals surface area contributed by atoms with Gasteiger partial charge in [-0.2, -0.15) is 5.26 Å². The molecular formula is C21H22FN5O. The Kier molecular flexibility index (Phi) is 4.95. The van der Waals surface area contributed by atoms with Crippen LogP contribution < -0.4 is 4.90 Å². The van der Waals surface area contributed by atoms with Gasteiger partial charge in [-0.1, -0.05) is 12.1 Å². The molecule has 2 fully saturated rings. The molecule has 1 saturated heterocycles. The average molecular weight is 379 g/mol. The predicted molar refractivity (Wildman–Crippen MR) is 102 cm³/mol. The molecule has 2 aromatic rings. The first-order valence-corrected chi connectivity index (χ1v) is 9.61. The van der Waals surface area contributed by atoms with Gasteiger partial charge in [0.25, 0.3) is 0 Å².